The summed E-state index contributed by atoms with van der Waals surface area (Å²) >= 11 is 0. The van der Waals surface area contributed by atoms with E-state index in [1.54, 1.807) is 0 Å². The van der Waals surface area contributed by atoms with Crippen molar-refractivity contribution in [3.63, 3.8) is 0 Å². The molecule has 0 saturated carbocycles. The molecule has 0 N–H and O–H groups in total. The van der Waals surface area contributed by atoms with Gasteiger partial charge in [-0.25, -0.2) is 0 Å². The van der Waals surface area contributed by atoms with E-state index in [1.165, 1.54) is 17.5 Å². The van der Waals surface area contributed by atoms with Crippen molar-refractivity contribution in [1.82, 2.24) is 0 Å². The quantitative estimate of drug-likeness (QED) is 0.672. The molecule has 0 fully saturated rings. The first-order chi connectivity index (χ1) is 6.36. The van der Waals surface area contributed by atoms with Crippen LogP contribution in [-0.2, 0) is 12.8 Å². The summed E-state index contributed by atoms with van der Waals surface area (Å²) in [4.78, 5) is 0. The van der Waals surface area contributed by atoms with Crippen molar-refractivity contribution in [3.05, 3.63) is 23.3 Å². The van der Waals surface area contributed by atoms with Crippen LogP contribution in [0.1, 0.15) is 31.4 Å². The van der Waals surface area contributed by atoms with Crippen LogP contribution in [0.3, 0.4) is 0 Å². The molecular formula is C11H14O2. The first-order valence-corrected chi connectivity index (χ1v) is 4.86. The van der Waals surface area contributed by atoms with Crippen LogP contribution in [0.25, 0.3) is 11.2 Å². The monoisotopic (exact) mass is 178 g/mol. The van der Waals surface area contributed by atoms with Gasteiger partial charge in [0.1, 0.15) is 0 Å². The number of rotatable bonds is 3. The Morgan fingerprint density at radius 2 is 2.00 bits per heavy atom. The summed E-state index contributed by atoms with van der Waals surface area (Å²) in [6.45, 7) is 4.34. The number of hydrogen-bond donors (Lipinski definition) is 0. The minimum absolute atomic E-state index is 0.886. The third-order valence-electron chi connectivity index (χ3n) is 2.41. The molecule has 0 bridgehead atoms. The lowest BCUT2D eigenvalue weighted by Gasteiger charge is -2.09. The highest BCUT2D eigenvalue weighted by atomic mass is 17.0. The van der Waals surface area contributed by atoms with Crippen molar-refractivity contribution in [2.24, 2.45) is 0 Å². The predicted molar refractivity (Wildman–Crippen MR) is 51.9 cm³/mol. The minimum Gasteiger partial charge on any atom is -0.286 e. The van der Waals surface area contributed by atoms with Gasteiger partial charge in [0.25, 0.3) is 0 Å². The van der Waals surface area contributed by atoms with Gasteiger partial charge in [0, 0.05) is 5.56 Å². The SMILES string of the molecule is CCCc1ccc2ooc2c1CC. The van der Waals surface area contributed by atoms with Crippen molar-refractivity contribution >= 4 is 11.2 Å². The Kier molecular flexibility index (Phi) is 2.13. The first-order valence-electron chi connectivity index (χ1n) is 4.86. The maximum absolute atomic E-state index is 4.99. The Balaban J connectivity index is 2.49. The number of fused-ring (bicyclic) bond motifs is 1. The minimum atomic E-state index is 0.886. The summed E-state index contributed by atoms with van der Waals surface area (Å²) in [6, 6.07) is 4.13. The zero-order chi connectivity index (χ0) is 9.26. The van der Waals surface area contributed by atoms with Crippen molar-refractivity contribution in [2.75, 3.05) is 0 Å². The van der Waals surface area contributed by atoms with Crippen LogP contribution in [0.15, 0.2) is 21.3 Å². The van der Waals surface area contributed by atoms with Gasteiger partial charge < -0.3 is 0 Å². The molecule has 2 rings (SSSR count). The lowest BCUT2D eigenvalue weighted by Crippen LogP contribution is -1.95. The normalized spacial score (nSPS) is 11.2. The summed E-state index contributed by atoms with van der Waals surface area (Å²) in [6.07, 6.45) is 3.31. The number of aryl methyl sites for hydroxylation is 2. The second-order valence-corrected chi connectivity index (χ2v) is 3.30. The van der Waals surface area contributed by atoms with E-state index in [2.05, 4.69) is 19.9 Å². The molecule has 2 aromatic rings. The smallest absolute Gasteiger partial charge is 0.229 e. The van der Waals surface area contributed by atoms with Gasteiger partial charge >= 0.3 is 0 Å². The van der Waals surface area contributed by atoms with Gasteiger partial charge in [0.2, 0.25) is 11.2 Å². The highest BCUT2D eigenvalue weighted by Crippen LogP contribution is 2.26. The molecule has 0 aliphatic carbocycles. The van der Waals surface area contributed by atoms with Crippen molar-refractivity contribution in [3.8, 4) is 0 Å². The molecule has 2 nitrogen and oxygen atoms in total. The van der Waals surface area contributed by atoms with Crippen molar-refractivity contribution in [1.29, 1.82) is 0 Å². The van der Waals surface area contributed by atoms with Crippen LogP contribution < -0.4 is 0 Å². The number of hydrogen-bond acceptors (Lipinski definition) is 2. The Bertz CT molecular complexity index is 395. The molecule has 2 heteroatoms. The van der Waals surface area contributed by atoms with E-state index in [1.807, 2.05) is 6.07 Å². The van der Waals surface area contributed by atoms with Gasteiger partial charge in [-0.2, -0.15) is 0 Å². The molecule has 1 heterocycles. The van der Waals surface area contributed by atoms with Gasteiger partial charge in [-0.05, 0) is 24.5 Å². The first kappa shape index (κ1) is 8.42. The topological polar surface area (TPSA) is 26.3 Å². The zero-order valence-electron chi connectivity index (χ0n) is 8.09. The Morgan fingerprint density at radius 1 is 1.15 bits per heavy atom. The fourth-order valence-corrected chi connectivity index (χ4v) is 1.75. The van der Waals surface area contributed by atoms with Crippen molar-refractivity contribution < 1.29 is 9.15 Å². The van der Waals surface area contributed by atoms with E-state index in [9.17, 15) is 0 Å². The second kappa shape index (κ2) is 3.29. The maximum Gasteiger partial charge on any atom is 0.229 e. The van der Waals surface area contributed by atoms with Crippen LogP contribution in [0.2, 0.25) is 0 Å². The van der Waals surface area contributed by atoms with Crippen LogP contribution in [0.5, 0.6) is 0 Å². The van der Waals surface area contributed by atoms with Crippen LogP contribution in [0.4, 0.5) is 0 Å². The standard InChI is InChI=1S/C11H14O2/c1-3-5-8-6-7-10-11(13-12-10)9(8)4-2/h6-7H,3-5H2,1-2H3. The summed E-state index contributed by atoms with van der Waals surface area (Å²) in [5.74, 6) is 0. The average molecular weight is 178 g/mol. The summed E-state index contributed by atoms with van der Waals surface area (Å²) in [5.41, 5.74) is 4.54. The van der Waals surface area contributed by atoms with E-state index in [0.717, 1.165) is 24.0 Å². The maximum atomic E-state index is 4.99. The van der Waals surface area contributed by atoms with E-state index >= 15 is 0 Å². The second-order valence-electron chi connectivity index (χ2n) is 3.30. The summed E-state index contributed by atoms with van der Waals surface area (Å²) in [7, 11) is 0. The van der Waals surface area contributed by atoms with Crippen LogP contribution in [0, 0.1) is 0 Å². The summed E-state index contributed by atoms with van der Waals surface area (Å²) < 4.78 is 9.84. The highest BCUT2D eigenvalue weighted by Gasteiger charge is 2.12. The Hall–Kier alpha value is -1.18. The molecule has 1 aromatic carbocycles. The fraction of sp³-hybridized carbons (Fsp3) is 0.455. The Morgan fingerprint density at radius 3 is 2.54 bits per heavy atom. The molecule has 0 saturated heterocycles. The molecule has 70 valence electrons. The van der Waals surface area contributed by atoms with Gasteiger partial charge in [-0.3, -0.25) is 9.15 Å². The fourth-order valence-electron chi connectivity index (χ4n) is 1.75. The molecule has 1 aromatic heterocycles. The van der Waals surface area contributed by atoms with E-state index in [4.69, 9.17) is 9.15 Å². The zero-order valence-corrected chi connectivity index (χ0v) is 8.09. The molecule has 0 radical (unpaired) electrons. The van der Waals surface area contributed by atoms with E-state index in [-0.39, 0.29) is 0 Å². The lowest BCUT2D eigenvalue weighted by atomic mass is 10.0. The predicted octanol–water partition coefficient (Wildman–Crippen LogP) is 3.54. The molecule has 13 heavy (non-hydrogen) atoms. The van der Waals surface area contributed by atoms with Crippen LogP contribution in [-0.4, -0.2) is 0 Å². The van der Waals surface area contributed by atoms with E-state index in [0.29, 0.717) is 0 Å². The third kappa shape index (κ3) is 1.26. The van der Waals surface area contributed by atoms with E-state index < -0.39 is 0 Å². The van der Waals surface area contributed by atoms with Gasteiger partial charge in [0.05, 0.1) is 0 Å². The highest BCUT2D eigenvalue weighted by molar-refractivity contribution is 5.76. The molecule has 0 spiro atoms. The molecule has 0 aliphatic heterocycles. The third-order valence-corrected chi connectivity index (χ3v) is 2.41. The van der Waals surface area contributed by atoms with Crippen LogP contribution >= 0.6 is 0 Å². The molecule has 0 amide bonds. The number of benzene rings is 1. The molecule has 0 unspecified atom stereocenters. The Labute approximate surface area is 77.5 Å². The summed E-state index contributed by atoms with van der Waals surface area (Å²) in [5, 5.41) is 0. The van der Waals surface area contributed by atoms with Gasteiger partial charge in [0.15, 0.2) is 0 Å². The molecular weight excluding hydrogens is 164 g/mol. The molecule has 0 aliphatic rings. The van der Waals surface area contributed by atoms with Crippen molar-refractivity contribution in [2.45, 2.75) is 33.1 Å². The van der Waals surface area contributed by atoms with Gasteiger partial charge in [-0.15, -0.1) is 0 Å². The lowest BCUT2D eigenvalue weighted by molar-refractivity contribution is 0.0580. The largest absolute Gasteiger partial charge is 0.286 e. The molecule has 0 atom stereocenters. The van der Waals surface area contributed by atoms with Gasteiger partial charge in [-0.1, -0.05) is 26.3 Å². The average Bonchev–Trinajstić information content (AvgIpc) is 2.09.